The van der Waals surface area contributed by atoms with Gasteiger partial charge in [0.15, 0.2) is 0 Å². The molecule has 0 saturated carbocycles. The van der Waals surface area contributed by atoms with E-state index in [4.69, 9.17) is 5.73 Å². The van der Waals surface area contributed by atoms with Gasteiger partial charge in [0.25, 0.3) is 0 Å². The number of hydrogen-bond donors (Lipinski definition) is 1. The van der Waals surface area contributed by atoms with Crippen LogP contribution in [0.2, 0.25) is 0 Å². The summed E-state index contributed by atoms with van der Waals surface area (Å²) in [6.07, 6.45) is 4.26. The van der Waals surface area contributed by atoms with E-state index in [9.17, 15) is 4.79 Å². The second-order valence-corrected chi connectivity index (χ2v) is 4.08. The van der Waals surface area contributed by atoms with E-state index < -0.39 is 6.04 Å². The number of hydrogen-bond acceptors (Lipinski definition) is 5. The molecule has 0 aliphatic carbocycles. The fraction of sp³-hybridized carbons (Fsp3) is 0.556. The molecule has 0 spiro atoms. The zero-order valence-electron chi connectivity index (χ0n) is 8.63. The molecule has 15 heavy (non-hydrogen) atoms. The molecule has 1 aromatic heterocycles. The van der Waals surface area contributed by atoms with Gasteiger partial charge in [0.1, 0.15) is 6.04 Å². The SMILES string of the molecule is COC(=O)C(N)CCSCn1cccn1. The molecule has 1 rings (SSSR count). The average molecular weight is 229 g/mol. The highest BCUT2D eigenvalue weighted by atomic mass is 32.2. The minimum Gasteiger partial charge on any atom is -0.468 e. The van der Waals surface area contributed by atoms with Crippen molar-refractivity contribution in [2.75, 3.05) is 12.9 Å². The first kappa shape index (κ1) is 12.1. The van der Waals surface area contributed by atoms with Gasteiger partial charge in [0.05, 0.1) is 13.0 Å². The Morgan fingerprint density at radius 1 is 1.73 bits per heavy atom. The van der Waals surface area contributed by atoms with Crippen molar-refractivity contribution in [3.05, 3.63) is 18.5 Å². The smallest absolute Gasteiger partial charge is 0.322 e. The van der Waals surface area contributed by atoms with Crippen LogP contribution in [0.15, 0.2) is 18.5 Å². The second kappa shape index (κ2) is 6.47. The lowest BCUT2D eigenvalue weighted by Crippen LogP contribution is -2.32. The summed E-state index contributed by atoms with van der Waals surface area (Å²) >= 11 is 1.68. The summed E-state index contributed by atoms with van der Waals surface area (Å²) in [5.41, 5.74) is 5.58. The topological polar surface area (TPSA) is 70.1 Å². The van der Waals surface area contributed by atoms with Gasteiger partial charge >= 0.3 is 5.97 Å². The Bertz CT molecular complexity index is 290. The number of nitrogens with two attached hydrogens (primary N) is 1. The highest BCUT2D eigenvalue weighted by Gasteiger charge is 2.12. The quantitative estimate of drug-likeness (QED) is 0.567. The molecule has 0 saturated heterocycles. The molecule has 0 aliphatic rings. The van der Waals surface area contributed by atoms with Crippen LogP contribution >= 0.6 is 11.8 Å². The van der Waals surface area contributed by atoms with Crippen LogP contribution in [0.1, 0.15) is 6.42 Å². The maximum absolute atomic E-state index is 11.0. The van der Waals surface area contributed by atoms with E-state index in [1.54, 1.807) is 18.0 Å². The molecule has 5 nitrogen and oxygen atoms in total. The van der Waals surface area contributed by atoms with Gasteiger partial charge in [-0.2, -0.15) is 5.10 Å². The first-order chi connectivity index (χ1) is 7.24. The van der Waals surface area contributed by atoms with Crippen molar-refractivity contribution in [1.82, 2.24) is 9.78 Å². The van der Waals surface area contributed by atoms with E-state index in [0.29, 0.717) is 6.42 Å². The Balaban J connectivity index is 2.09. The van der Waals surface area contributed by atoms with Crippen molar-refractivity contribution in [2.45, 2.75) is 18.3 Å². The monoisotopic (exact) mass is 229 g/mol. The first-order valence-electron chi connectivity index (χ1n) is 4.62. The molecule has 0 bridgehead atoms. The van der Waals surface area contributed by atoms with Crippen LogP contribution < -0.4 is 5.73 Å². The number of thioether (sulfide) groups is 1. The van der Waals surface area contributed by atoms with E-state index in [1.165, 1.54) is 7.11 Å². The summed E-state index contributed by atoms with van der Waals surface area (Å²) in [7, 11) is 1.35. The molecule has 1 atom stereocenters. The van der Waals surface area contributed by atoms with Gasteiger partial charge < -0.3 is 10.5 Å². The number of esters is 1. The Kier molecular flexibility index (Phi) is 5.20. The Labute approximate surface area is 93.0 Å². The van der Waals surface area contributed by atoms with Crippen molar-refractivity contribution in [3.63, 3.8) is 0 Å². The van der Waals surface area contributed by atoms with Crippen LogP contribution in [0.25, 0.3) is 0 Å². The zero-order valence-corrected chi connectivity index (χ0v) is 9.44. The van der Waals surface area contributed by atoms with E-state index in [-0.39, 0.29) is 5.97 Å². The fourth-order valence-corrected chi connectivity index (χ4v) is 1.90. The lowest BCUT2D eigenvalue weighted by Gasteiger charge is -2.08. The van der Waals surface area contributed by atoms with Gasteiger partial charge in [-0.05, 0) is 18.2 Å². The predicted molar refractivity (Wildman–Crippen MR) is 59.3 cm³/mol. The third kappa shape index (κ3) is 4.35. The standard InChI is InChI=1S/C9H15N3O2S/c1-14-9(13)8(10)3-6-15-7-12-5-2-4-11-12/h2,4-5,8H,3,6-7,10H2,1H3. The predicted octanol–water partition coefficient (Wildman–Crippen LogP) is 0.464. The van der Waals surface area contributed by atoms with Gasteiger partial charge in [-0.3, -0.25) is 9.48 Å². The van der Waals surface area contributed by atoms with Crippen LogP contribution in [0.4, 0.5) is 0 Å². The largest absolute Gasteiger partial charge is 0.468 e. The van der Waals surface area contributed by atoms with Gasteiger partial charge in [-0.15, -0.1) is 11.8 Å². The second-order valence-electron chi connectivity index (χ2n) is 3.00. The Morgan fingerprint density at radius 2 is 2.53 bits per heavy atom. The van der Waals surface area contributed by atoms with Crippen LogP contribution in [-0.2, 0) is 15.4 Å². The average Bonchev–Trinajstić information content (AvgIpc) is 2.75. The highest BCUT2D eigenvalue weighted by molar-refractivity contribution is 7.98. The number of aromatic nitrogens is 2. The number of nitrogens with zero attached hydrogens (tertiary/aromatic N) is 2. The molecule has 6 heteroatoms. The number of ether oxygens (including phenoxy) is 1. The van der Waals surface area contributed by atoms with Gasteiger partial charge in [-0.1, -0.05) is 0 Å². The number of rotatable bonds is 6. The van der Waals surface area contributed by atoms with Crippen LogP contribution in [0.5, 0.6) is 0 Å². The molecule has 1 heterocycles. The molecule has 1 aromatic rings. The summed E-state index contributed by atoms with van der Waals surface area (Å²) in [5.74, 6) is 1.24. The Hall–Kier alpha value is -1.01. The lowest BCUT2D eigenvalue weighted by atomic mass is 10.2. The molecule has 84 valence electrons. The van der Waals surface area contributed by atoms with Crippen molar-refractivity contribution in [2.24, 2.45) is 5.73 Å². The lowest BCUT2D eigenvalue weighted by molar-refractivity contribution is -0.142. The zero-order chi connectivity index (χ0) is 11.1. The van der Waals surface area contributed by atoms with Crippen molar-refractivity contribution in [3.8, 4) is 0 Å². The maximum Gasteiger partial charge on any atom is 0.322 e. The number of carbonyl (C=O) groups excluding carboxylic acids is 1. The molecule has 0 aromatic carbocycles. The molecule has 0 aliphatic heterocycles. The molecule has 2 N–H and O–H groups in total. The third-order valence-electron chi connectivity index (χ3n) is 1.86. The van der Waals surface area contributed by atoms with Crippen molar-refractivity contribution >= 4 is 17.7 Å². The fourth-order valence-electron chi connectivity index (χ4n) is 1.01. The van der Waals surface area contributed by atoms with Gasteiger partial charge in [0.2, 0.25) is 0 Å². The van der Waals surface area contributed by atoms with E-state index >= 15 is 0 Å². The maximum atomic E-state index is 11.0. The highest BCUT2D eigenvalue weighted by Crippen LogP contribution is 2.07. The minimum atomic E-state index is -0.514. The molecule has 1 unspecified atom stereocenters. The van der Waals surface area contributed by atoms with E-state index in [0.717, 1.165) is 11.6 Å². The van der Waals surface area contributed by atoms with Gasteiger partial charge in [-0.25, -0.2) is 0 Å². The molecular weight excluding hydrogens is 214 g/mol. The minimum absolute atomic E-state index is 0.352. The molecule has 0 fully saturated rings. The summed E-state index contributed by atoms with van der Waals surface area (Å²) in [6.45, 7) is 0. The van der Waals surface area contributed by atoms with E-state index in [2.05, 4.69) is 9.84 Å². The molecule has 0 amide bonds. The van der Waals surface area contributed by atoms with Crippen molar-refractivity contribution < 1.29 is 9.53 Å². The normalized spacial score (nSPS) is 12.4. The van der Waals surface area contributed by atoms with Crippen molar-refractivity contribution in [1.29, 1.82) is 0 Å². The van der Waals surface area contributed by atoms with Crippen LogP contribution in [0, 0.1) is 0 Å². The summed E-state index contributed by atoms with van der Waals surface area (Å²) in [5, 5.41) is 4.06. The first-order valence-corrected chi connectivity index (χ1v) is 5.78. The third-order valence-corrected chi connectivity index (χ3v) is 2.83. The molecule has 0 radical (unpaired) electrons. The van der Waals surface area contributed by atoms with Crippen LogP contribution in [0.3, 0.4) is 0 Å². The molecular formula is C9H15N3O2S. The summed E-state index contributed by atoms with van der Waals surface area (Å²) < 4.78 is 6.35. The summed E-state index contributed by atoms with van der Waals surface area (Å²) in [6, 6.07) is 1.36. The van der Waals surface area contributed by atoms with Crippen LogP contribution in [-0.4, -0.2) is 34.7 Å². The number of carbonyl (C=O) groups is 1. The Morgan fingerprint density at radius 3 is 3.13 bits per heavy atom. The van der Waals surface area contributed by atoms with E-state index in [1.807, 2.05) is 16.9 Å². The number of methoxy groups -OCH3 is 1. The van der Waals surface area contributed by atoms with Gasteiger partial charge in [0, 0.05) is 12.4 Å². The summed E-state index contributed by atoms with van der Waals surface area (Å²) in [4.78, 5) is 11.0.